The fraction of sp³-hybridized carbons (Fsp3) is 0.278. The van der Waals surface area contributed by atoms with Crippen LogP contribution in [0.1, 0.15) is 36.8 Å². The molecule has 0 unspecified atom stereocenters. The monoisotopic (exact) mass is 373 g/mol. The van der Waals surface area contributed by atoms with Crippen LogP contribution in [0.3, 0.4) is 0 Å². The Balaban J connectivity index is 2.04. The van der Waals surface area contributed by atoms with Crippen LogP contribution in [0.2, 0.25) is 5.02 Å². The lowest BCUT2D eigenvalue weighted by Crippen LogP contribution is -2.05. The van der Waals surface area contributed by atoms with Crippen molar-refractivity contribution in [2.45, 2.75) is 33.7 Å². The third kappa shape index (κ3) is 3.32. The summed E-state index contributed by atoms with van der Waals surface area (Å²) in [6.45, 7) is 8.53. The van der Waals surface area contributed by atoms with Gasteiger partial charge in [-0.1, -0.05) is 23.7 Å². The van der Waals surface area contributed by atoms with Crippen LogP contribution in [0.4, 0.5) is 0 Å². The summed E-state index contributed by atoms with van der Waals surface area (Å²) in [5, 5.41) is 12.2. The molecule has 3 aromatic rings. The van der Waals surface area contributed by atoms with Gasteiger partial charge in [-0.05, 0) is 58.1 Å². The van der Waals surface area contributed by atoms with Crippen molar-refractivity contribution < 1.29 is 0 Å². The molecule has 25 heavy (non-hydrogen) atoms. The van der Waals surface area contributed by atoms with E-state index in [0.29, 0.717) is 21.7 Å². The molecule has 0 radical (unpaired) electrons. The number of benzene rings is 1. The number of nitrogens with zero attached hydrogens (tertiary/aromatic N) is 4. The Morgan fingerprint density at radius 1 is 1.28 bits per heavy atom. The Morgan fingerprint density at radius 2 is 2.00 bits per heavy atom. The molecule has 0 amide bonds. The minimum Gasteiger partial charge on any atom is -0.346 e. The van der Waals surface area contributed by atoms with E-state index in [9.17, 15) is 0 Å². The first-order valence-corrected chi connectivity index (χ1v) is 8.84. The number of hydrogen-bond acceptors (Lipinski definition) is 3. The van der Waals surface area contributed by atoms with Gasteiger partial charge in [-0.3, -0.25) is 0 Å². The van der Waals surface area contributed by atoms with Gasteiger partial charge in [0.2, 0.25) is 4.77 Å². The summed E-state index contributed by atoms with van der Waals surface area (Å²) in [6, 6.07) is 10.0. The summed E-state index contributed by atoms with van der Waals surface area (Å²) < 4.78 is 4.30. The number of H-pyrrole nitrogens is 1. The average molecular weight is 374 g/mol. The quantitative estimate of drug-likeness (QED) is 0.508. The molecule has 0 spiro atoms. The van der Waals surface area contributed by atoms with Gasteiger partial charge in [-0.15, -0.1) is 0 Å². The van der Waals surface area contributed by atoms with Gasteiger partial charge in [0.1, 0.15) is 0 Å². The van der Waals surface area contributed by atoms with Crippen molar-refractivity contribution in [1.82, 2.24) is 19.4 Å². The molecule has 1 N–H and O–H groups in total. The Labute approximate surface area is 157 Å². The topological polar surface area (TPSA) is 50.9 Å². The summed E-state index contributed by atoms with van der Waals surface area (Å²) in [4.78, 5) is 0. The normalized spacial score (nSPS) is 11.8. The third-order valence-electron chi connectivity index (χ3n) is 4.12. The standard InChI is InChI=1S/C18H20ClN5S/c1-11(2)23-12(3)9-14(13(23)4)10-20-24-17(21-22-18(24)25)15-7-5-6-8-16(15)19/h5-11H,1-4H3,(H,22,25)/b20-10-. The van der Waals surface area contributed by atoms with Crippen molar-refractivity contribution >= 4 is 30.0 Å². The maximum absolute atomic E-state index is 6.28. The van der Waals surface area contributed by atoms with Crippen LogP contribution < -0.4 is 0 Å². The molecule has 2 aromatic heterocycles. The molecule has 1 aromatic carbocycles. The third-order valence-corrected chi connectivity index (χ3v) is 4.71. The lowest BCUT2D eigenvalue weighted by atomic mass is 10.2. The first-order valence-electron chi connectivity index (χ1n) is 8.05. The predicted molar refractivity (Wildman–Crippen MR) is 105 cm³/mol. The van der Waals surface area contributed by atoms with E-state index in [-0.39, 0.29) is 0 Å². The fourth-order valence-corrected chi connectivity index (χ4v) is 3.46. The molecule has 0 saturated heterocycles. The van der Waals surface area contributed by atoms with Crippen molar-refractivity contribution in [3.05, 3.63) is 57.1 Å². The Hall–Kier alpha value is -2.18. The summed E-state index contributed by atoms with van der Waals surface area (Å²) in [7, 11) is 0. The molecular formula is C18H20ClN5S. The van der Waals surface area contributed by atoms with Crippen LogP contribution in [-0.4, -0.2) is 25.7 Å². The van der Waals surface area contributed by atoms with E-state index >= 15 is 0 Å². The van der Waals surface area contributed by atoms with Crippen LogP contribution in [-0.2, 0) is 0 Å². The predicted octanol–water partition coefficient (Wildman–Crippen LogP) is 5.14. The number of rotatable bonds is 4. The van der Waals surface area contributed by atoms with Crippen LogP contribution in [0, 0.1) is 18.6 Å². The van der Waals surface area contributed by atoms with Crippen molar-refractivity contribution in [2.24, 2.45) is 5.10 Å². The molecule has 0 aliphatic heterocycles. The Morgan fingerprint density at radius 3 is 2.64 bits per heavy atom. The summed E-state index contributed by atoms with van der Waals surface area (Å²) >= 11 is 11.6. The second-order valence-electron chi connectivity index (χ2n) is 6.18. The van der Waals surface area contributed by atoms with Crippen LogP contribution in [0.25, 0.3) is 11.4 Å². The molecule has 130 valence electrons. The SMILES string of the molecule is Cc1cc(/C=N\n2c(-c3ccccc3Cl)n[nH]c2=S)c(C)n1C(C)C. The molecule has 0 aliphatic rings. The Kier molecular flexibility index (Phi) is 4.92. The van der Waals surface area contributed by atoms with Gasteiger partial charge in [0.25, 0.3) is 0 Å². The van der Waals surface area contributed by atoms with Gasteiger partial charge in [0, 0.05) is 28.6 Å². The minimum atomic E-state index is 0.400. The Bertz CT molecular complexity index is 993. The van der Waals surface area contributed by atoms with E-state index in [2.05, 4.69) is 53.6 Å². The molecule has 5 nitrogen and oxygen atoms in total. The summed E-state index contributed by atoms with van der Waals surface area (Å²) in [5.41, 5.74) is 4.21. The van der Waals surface area contributed by atoms with Crippen molar-refractivity contribution in [1.29, 1.82) is 0 Å². The van der Waals surface area contributed by atoms with E-state index in [1.165, 1.54) is 11.4 Å². The van der Waals surface area contributed by atoms with Crippen molar-refractivity contribution in [3.63, 3.8) is 0 Å². The van der Waals surface area contributed by atoms with Crippen molar-refractivity contribution in [3.8, 4) is 11.4 Å². The highest BCUT2D eigenvalue weighted by Crippen LogP contribution is 2.26. The summed E-state index contributed by atoms with van der Waals surface area (Å²) in [6.07, 6.45) is 1.81. The molecule has 0 bridgehead atoms. The first kappa shape index (κ1) is 17.6. The zero-order valence-corrected chi connectivity index (χ0v) is 16.2. The van der Waals surface area contributed by atoms with Crippen LogP contribution in [0.5, 0.6) is 0 Å². The number of halogens is 1. The van der Waals surface area contributed by atoms with Gasteiger partial charge < -0.3 is 4.57 Å². The largest absolute Gasteiger partial charge is 0.346 e. The first-order chi connectivity index (χ1) is 11.9. The number of aromatic amines is 1. The van der Waals surface area contributed by atoms with Gasteiger partial charge in [-0.2, -0.15) is 14.9 Å². The van der Waals surface area contributed by atoms with Crippen LogP contribution in [0.15, 0.2) is 35.4 Å². The number of nitrogens with one attached hydrogen (secondary N) is 1. The average Bonchev–Trinajstić information content (AvgIpc) is 3.05. The van der Waals surface area contributed by atoms with Crippen LogP contribution >= 0.6 is 23.8 Å². The van der Waals surface area contributed by atoms with Gasteiger partial charge in [0.15, 0.2) is 5.82 Å². The zero-order chi connectivity index (χ0) is 18.1. The molecule has 0 atom stereocenters. The fourth-order valence-electron chi connectivity index (χ4n) is 3.06. The highest BCUT2D eigenvalue weighted by Gasteiger charge is 2.13. The van der Waals surface area contributed by atoms with E-state index < -0.39 is 0 Å². The maximum atomic E-state index is 6.28. The number of aryl methyl sites for hydroxylation is 1. The lowest BCUT2D eigenvalue weighted by molar-refractivity contribution is 0.574. The molecule has 2 heterocycles. The molecule has 3 rings (SSSR count). The van der Waals surface area contributed by atoms with E-state index in [1.54, 1.807) is 4.68 Å². The number of hydrogen-bond donors (Lipinski definition) is 1. The zero-order valence-electron chi connectivity index (χ0n) is 14.6. The van der Waals surface area contributed by atoms with E-state index in [1.807, 2.05) is 30.5 Å². The highest BCUT2D eigenvalue weighted by atomic mass is 35.5. The second kappa shape index (κ2) is 6.98. The molecular weight excluding hydrogens is 354 g/mol. The number of aromatic nitrogens is 4. The lowest BCUT2D eigenvalue weighted by Gasteiger charge is -2.13. The molecule has 0 aliphatic carbocycles. The minimum absolute atomic E-state index is 0.400. The van der Waals surface area contributed by atoms with Crippen molar-refractivity contribution in [2.75, 3.05) is 0 Å². The van der Waals surface area contributed by atoms with E-state index in [0.717, 1.165) is 11.1 Å². The van der Waals surface area contributed by atoms with E-state index in [4.69, 9.17) is 23.8 Å². The summed E-state index contributed by atoms with van der Waals surface area (Å²) in [5.74, 6) is 0.588. The molecule has 0 fully saturated rings. The highest BCUT2D eigenvalue weighted by molar-refractivity contribution is 7.71. The van der Waals surface area contributed by atoms with Gasteiger partial charge in [0.05, 0.1) is 11.2 Å². The second-order valence-corrected chi connectivity index (χ2v) is 6.97. The molecule has 0 saturated carbocycles. The molecule has 7 heteroatoms. The van der Waals surface area contributed by atoms with Gasteiger partial charge >= 0.3 is 0 Å². The maximum Gasteiger partial charge on any atom is 0.216 e. The van der Waals surface area contributed by atoms with Gasteiger partial charge in [-0.25, -0.2) is 5.10 Å². The smallest absolute Gasteiger partial charge is 0.216 e.